The van der Waals surface area contributed by atoms with Crippen LogP contribution >= 0.6 is 0 Å². The van der Waals surface area contributed by atoms with Crippen LogP contribution in [0.25, 0.3) is 0 Å². The van der Waals surface area contributed by atoms with Gasteiger partial charge < -0.3 is 10.5 Å². The minimum absolute atomic E-state index is 0.328. The van der Waals surface area contributed by atoms with E-state index in [1.54, 1.807) is 0 Å². The fourth-order valence-corrected chi connectivity index (χ4v) is 1.07. The van der Waals surface area contributed by atoms with Crippen molar-refractivity contribution in [3.63, 3.8) is 0 Å². The van der Waals surface area contributed by atoms with Crippen molar-refractivity contribution in [3.8, 4) is 5.75 Å². The molecule has 90 valence electrons. The molecule has 0 aromatic heterocycles. The summed E-state index contributed by atoms with van der Waals surface area (Å²) < 4.78 is 64.2. The Morgan fingerprint density at radius 2 is 1.81 bits per heavy atom. The van der Waals surface area contributed by atoms with Crippen molar-refractivity contribution in [3.05, 3.63) is 29.8 Å². The molecule has 2 N–H and O–H groups in total. The van der Waals surface area contributed by atoms with Gasteiger partial charge in [-0.05, 0) is 17.7 Å². The van der Waals surface area contributed by atoms with Crippen molar-refractivity contribution in [2.24, 2.45) is 5.73 Å². The molecule has 1 aromatic carbocycles. The second kappa shape index (κ2) is 4.65. The Bertz CT molecular complexity index is 352. The summed E-state index contributed by atoms with van der Waals surface area (Å²) in [4.78, 5) is 0. The summed E-state index contributed by atoms with van der Waals surface area (Å²) in [6.07, 6.45) is -4.62. The van der Waals surface area contributed by atoms with E-state index in [-0.39, 0.29) is 11.3 Å². The minimum Gasteiger partial charge on any atom is -0.435 e. The maximum Gasteiger partial charge on any atom is 0.407 e. The SMILES string of the molecule is N[C@H](c1cccc(OC(F)F)c1)C(F)(F)F. The van der Waals surface area contributed by atoms with Crippen molar-refractivity contribution in [2.45, 2.75) is 18.8 Å². The number of rotatable bonds is 3. The van der Waals surface area contributed by atoms with E-state index < -0.39 is 18.8 Å². The van der Waals surface area contributed by atoms with Gasteiger partial charge in [0.15, 0.2) is 0 Å². The molecule has 0 unspecified atom stereocenters. The van der Waals surface area contributed by atoms with Gasteiger partial charge in [-0.25, -0.2) is 0 Å². The quantitative estimate of drug-likeness (QED) is 0.826. The first-order valence-corrected chi connectivity index (χ1v) is 4.18. The first-order valence-electron chi connectivity index (χ1n) is 4.18. The molecule has 0 radical (unpaired) electrons. The molecule has 2 nitrogen and oxygen atoms in total. The molecule has 0 aliphatic rings. The zero-order valence-corrected chi connectivity index (χ0v) is 7.84. The van der Waals surface area contributed by atoms with Crippen LogP contribution in [0.4, 0.5) is 22.0 Å². The van der Waals surface area contributed by atoms with Crippen molar-refractivity contribution >= 4 is 0 Å². The van der Waals surface area contributed by atoms with E-state index in [0.717, 1.165) is 18.2 Å². The van der Waals surface area contributed by atoms with Gasteiger partial charge in [0.2, 0.25) is 0 Å². The molecule has 1 rings (SSSR count). The average Bonchev–Trinajstić information content (AvgIpc) is 2.14. The highest BCUT2D eigenvalue weighted by molar-refractivity contribution is 5.31. The summed E-state index contributed by atoms with van der Waals surface area (Å²) >= 11 is 0. The first kappa shape index (κ1) is 12.7. The molecule has 0 bridgehead atoms. The van der Waals surface area contributed by atoms with Crippen LogP contribution < -0.4 is 10.5 Å². The van der Waals surface area contributed by atoms with E-state index in [1.165, 1.54) is 6.07 Å². The zero-order valence-electron chi connectivity index (χ0n) is 7.84. The number of hydrogen-bond acceptors (Lipinski definition) is 2. The summed E-state index contributed by atoms with van der Waals surface area (Å²) in [7, 11) is 0. The normalized spacial score (nSPS) is 13.9. The maximum atomic E-state index is 12.2. The molecule has 1 aromatic rings. The molecule has 0 spiro atoms. The molecule has 0 aliphatic carbocycles. The van der Waals surface area contributed by atoms with E-state index in [4.69, 9.17) is 5.73 Å². The summed E-state index contributed by atoms with van der Waals surface area (Å²) in [6, 6.07) is 2.01. The van der Waals surface area contributed by atoms with Crippen LogP contribution in [0.2, 0.25) is 0 Å². The van der Waals surface area contributed by atoms with Crippen LogP contribution in [-0.2, 0) is 0 Å². The van der Waals surface area contributed by atoms with Gasteiger partial charge in [-0.1, -0.05) is 12.1 Å². The molecule has 0 amide bonds. The van der Waals surface area contributed by atoms with Crippen LogP contribution in [0, 0.1) is 0 Å². The number of halogens is 5. The van der Waals surface area contributed by atoms with Crippen molar-refractivity contribution in [1.82, 2.24) is 0 Å². The second-order valence-corrected chi connectivity index (χ2v) is 2.97. The predicted octanol–water partition coefficient (Wildman–Crippen LogP) is 2.85. The zero-order chi connectivity index (χ0) is 12.3. The summed E-state index contributed by atoms with van der Waals surface area (Å²) in [5.74, 6) is -0.354. The van der Waals surface area contributed by atoms with E-state index in [9.17, 15) is 22.0 Å². The standard InChI is InChI=1S/C9H8F5NO/c10-8(11)16-6-3-1-2-5(4-6)7(15)9(12,13)14/h1-4,7-8H,15H2/t7-/m1/s1. The van der Waals surface area contributed by atoms with Crippen LogP contribution in [0.5, 0.6) is 5.75 Å². The highest BCUT2D eigenvalue weighted by atomic mass is 19.4. The van der Waals surface area contributed by atoms with Gasteiger partial charge >= 0.3 is 12.8 Å². The van der Waals surface area contributed by atoms with Crippen molar-refractivity contribution in [1.29, 1.82) is 0 Å². The van der Waals surface area contributed by atoms with Crippen molar-refractivity contribution < 1.29 is 26.7 Å². The molecule has 7 heteroatoms. The number of ether oxygens (including phenoxy) is 1. The lowest BCUT2D eigenvalue weighted by atomic mass is 10.1. The van der Waals surface area contributed by atoms with E-state index >= 15 is 0 Å². The molecular formula is C9H8F5NO. The molecular weight excluding hydrogens is 233 g/mol. The Hall–Kier alpha value is -1.37. The Morgan fingerprint density at radius 1 is 1.19 bits per heavy atom. The lowest BCUT2D eigenvalue weighted by Crippen LogP contribution is -2.28. The lowest BCUT2D eigenvalue weighted by molar-refractivity contribution is -0.149. The van der Waals surface area contributed by atoms with E-state index in [2.05, 4.69) is 4.74 Å². The second-order valence-electron chi connectivity index (χ2n) is 2.97. The lowest BCUT2D eigenvalue weighted by Gasteiger charge is -2.16. The number of hydrogen-bond donors (Lipinski definition) is 1. The van der Waals surface area contributed by atoms with Crippen LogP contribution in [0.1, 0.15) is 11.6 Å². The van der Waals surface area contributed by atoms with Crippen LogP contribution in [0.3, 0.4) is 0 Å². The Kier molecular flexibility index (Phi) is 3.69. The average molecular weight is 241 g/mol. The Labute approximate surface area is 87.8 Å². The molecule has 0 heterocycles. The Morgan fingerprint density at radius 3 is 2.31 bits per heavy atom. The molecule has 0 saturated heterocycles. The smallest absolute Gasteiger partial charge is 0.407 e. The molecule has 0 saturated carbocycles. The third kappa shape index (κ3) is 3.34. The first-order chi connectivity index (χ1) is 7.30. The van der Waals surface area contributed by atoms with E-state index in [0.29, 0.717) is 0 Å². The fraction of sp³-hybridized carbons (Fsp3) is 0.333. The van der Waals surface area contributed by atoms with Gasteiger partial charge in [-0.3, -0.25) is 0 Å². The molecule has 1 atom stereocenters. The van der Waals surface area contributed by atoms with Gasteiger partial charge in [0.25, 0.3) is 0 Å². The highest BCUT2D eigenvalue weighted by Crippen LogP contribution is 2.31. The number of benzene rings is 1. The third-order valence-electron chi connectivity index (χ3n) is 1.80. The summed E-state index contributed by atoms with van der Waals surface area (Å²) in [5, 5.41) is 0. The predicted molar refractivity (Wildman–Crippen MR) is 46.1 cm³/mol. The number of nitrogens with two attached hydrogens (primary N) is 1. The fourth-order valence-electron chi connectivity index (χ4n) is 1.07. The largest absolute Gasteiger partial charge is 0.435 e. The van der Waals surface area contributed by atoms with Crippen LogP contribution in [0.15, 0.2) is 24.3 Å². The van der Waals surface area contributed by atoms with Gasteiger partial charge in [-0.2, -0.15) is 22.0 Å². The Balaban J connectivity index is 2.90. The highest BCUT2D eigenvalue weighted by Gasteiger charge is 2.37. The van der Waals surface area contributed by atoms with Gasteiger partial charge in [0.1, 0.15) is 11.8 Å². The minimum atomic E-state index is -4.62. The maximum absolute atomic E-state index is 12.2. The molecule has 0 aliphatic heterocycles. The molecule has 0 fully saturated rings. The van der Waals surface area contributed by atoms with Crippen molar-refractivity contribution in [2.75, 3.05) is 0 Å². The van der Waals surface area contributed by atoms with E-state index in [1.807, 2.05) is 0 Å². The summed E-state index contributed by atoms with van der Waals surface area (Å²) in [6.45, 7) is -3.09. The van der Waals surface area contributed by atoms with Gasteiger partial charge in [0, 0.05) is 0 Å². The molecule has 16 heavy (non-hydrogen) atoms. The van der Waals surface area contributed by atoms with Gasteiger partial charge in [-0.15, -0.1) is 0 Å². The number of alkyl halides is 5. The summed E-state index contributed by atoms with van der Waals surface area (Å²) in [5.41, 5.74) is 4.58. The van der Waals surface area contributed by atoms with Crippen LogP contribution in [-0.4, -0.2) is 12.8 Å². The van der Waals surface area contributed by atoms with Gasteiger partial charge in [0.05, 0.1) is 0 Å². The third-order valence-corrected chi connectivity index (χ3v) is 1.80. The monoisotopic (exact) mass is 241 g/mol. The topological polar surface area (TPSA) is 35.2 Å².